The summed E-state index contributed by atoms with van der Waals surface area (Å²) in [6.45, 7) is 1.75. The molecule has 0 aromatic rings. The Morgan fingerprint density at radius 2 is 1.69 bits per heavy atom. The van der Waals surface area contributed by atoms with Gasteiger partial charge in [0.15, 0.2) is 15.4 Å². The Morgan fingerprint density at radius 1 is 1.15 bits per heavy atom. The van der Waals surface area contributed by atoms with Crippen LogP contribution in [0.2, 0.25) is 6.55 Å². The predicted octanol–water partition coefficient (Wildman–Crippen LogP) is 2.40. The molecule has 0 aromatic carbocycles. The first kappa shape index (κ1) is 11.0. The van der Waals surface area contributed by atoms with Gasteiger partial charge in [0.25, 0.3) is 0 Å². The van der Waals surface area contributed by atoms with Gasteiger partial charge in [0.2, 0.25) is 0 Å². The Labute approximate surface area is 78.6 Å². The lowest BCUT2D eigenvalue weighted by Crippen LogP contribution is -2.49. The molecule has 1 rings (SSSR count). The average molecular weight is 212 g/mol. The van der Waals surface area contributed by atoms with Crippen molar-refractivity contribution in [2.45, 2.75) is 50.4 Å². The van der Waals surface area contributed by atoms with Gasteiger partial charge in [-0.3, -0.25) is 0 Å². The topological polar surface area (TPSA) is 9.23 Å². The third-order valence-corrected chi connectivity index (χ3v) is 3.44. The summed E-state index contributed by atoms with van der Waals surface area (Å²) in [5.74, 6) is 0. The van der Waals surface area contributed by atoms with Crippen molar-refractivity contribution in [2.75, 3.05) is 0 Å². The molecule has 0 saturated heterocycles. The molecule has 0 N–H and O–H groups in total. The second-order valence-corrected chi connectivity index (χ2v) is 4.35. The van der Waals surface area contributed by atoms with Crippen LogP contribution in [-0.4, -0.2) is 21.5 Å². The molecular weight excluding hydrogens is 197 g/mol. The summed E-state index contributed by atoms with van der Waals surface area (Å²) in [4.78, 5) is 0. The largest absolute Gasteiger partial charge is 0.416 e. The molecule has 0 amide bonds. The minimum Gasteiger partial charge on any atom is -0.411 e. The van der Waals surface area contributed by atoms with Crippen LogP contribution in [0.5, 0.6) is 0 Å². The van der Waals surface area contributed by atoms with Crippen molar-refractivity contribution in [3.8, 4) is 0 Å². The van der Waals surface area contributed by atoms with E-state index in [0.29, 0.717) is 12.8 Å². The van der Waals surface area contributed by atoms with Gasteiger partial charge in [-0.15, -0.1) is 0 Å². The van der Waals surface area contributed by atoms with Gasteiger partial charge < -0.3 is 4.43 Å². The van der Waals surface area contributed by atoms with E-state index < -0.39 is 21.5 Å². The van der Waals surface area contributed by atoms with Gasteiger partial charge in [-0.05, 0) is 12.8 Å². The molecule has 1 aliphatic carbocycles. The molecule has 0 atom stereocenters. The second-order valence-electron chi connectivity index (χ2n) is 3.49. The fraction of sp³-hybridized carbons (Fsp3) is 1.00. The van der Waals surface area contributed by atoms with E-state index in [9.17, 15) is 13.2 Å². The first-order valence-corrected chi connectivity index (χ1v) is 6.72. The summed E-state index contributed by atoms with van der Waals surface area (Å²) in [7, 11) is -0.987. The van der Waals surface area contributed by atoms with Gasteiger partial charge in [-0.2, -0.15) is 13.2 Å². The molecule has 78 valence electrons. The minimum atomic E-state index is -4.17. The van der Waals surface area contributed by atoms with E-state index in [0.717, 1.165) is 6.42 Å². The lowest BCUT2D eigenvalue weighted by atomic mass is 9.84. The van der Waals surface area contributed by atoms with Crippen LogP contribution in [0.4, 0.5) is 13.2 Å². The Hall–Kier alpha value is -0.0331. The highest BCUT2D eigenvalue weighted by atomic mass is 28.2. The van der Waals surface area contributed by atoms with Crippen molar-refractivity contribution in [2.24, 2.45) is 0 Å². The Morgan fingerprint density at radius 3 is 2.08 bits per heavy atom. The van der Waals surface area contributed by atoms with E-state index in [4.69, 9.17) is 4.43 Å². The molecule has 0 aliphatic heterocycles. The molecule has 0 unspecified atom stereocenters. The Balaban J connectivity index is 2.73. The second kappa shape index (κ2) is 4.00. The first-order valence-electron chi connectivity index (χ1n) is 4.72. The maximum absolute atomic E-state index is 12.7. The number of hydrogen-bond donors (Lipinski definition) is 0. The van der Waals surface area contributed by atoms with Crippen molar-refractivity contribution < 1.29 is 17.6 Å². The molecular formula is C8H15F3OSi. The molecule has 0 heterocycles. The van der Waals surface area contributed by atoms with Crippen molar-refractivity contribution in [3.05, 3.63) is 0 Å². The number of halogens is 3. The molecule has 1 nitrogen and oxygen atoms in total. The van der Waals surface area contributed by atoms with Gasteiger partial charge in [0, 0.05) is 0 Å². The third kappa shape index (κ3) is 2.25. The average Bonchev–Trinajstić information content (AvgIpc) is 2.04. The van der Waals surface area contributed by atoms with Crippen LogP contribution in [0.15, 0.2) is 0 Å². The lowest BCUT2D eigenvalue weighted by molar-refractivity contribution is -0.258. The summed E-state index contributed by atoms with van der Waals surface area (Å²) in [6, 6.07) is 0. The van der Waals surface area contributed by atoms with Crippen LogP contribution in [0.3, 0.4) is 0 Å². The van der Waals surface area contributed by atoms with Gasteiger partial charge in [-0.25, -0.2) is 0 Å². The Bertz CT molecular complexity index is 158. The summed E-state index contributed by atoms with van der Waals surface area (Å²) in [6.07, 6.45) is -1.64. The lowest BCUT2D eigenvalue weighted by Gasteiger charge is -2.38. The molecule has 0 radical (unpaired) electrons. The van der Waals surface area contributed by atoms with Crippen molar-refractivity contribution in [1.29, 1.82) is 0 Å². The van der Waals surface area contributed by atoms with Gasteiger partial charge >= 0.3 is 6.18 Å². The fourth-order valence-corrected chi connectivity index (χ4v) is 2.91. The molecule has 0 spiro atoms. The van der Waals surface area contributed by atoms with Gasteiger partial charge in [0.1, 0.15) is 0 Å². The maximum Gasteiger partial charge on any atom is 0.416 e. The zero-order valence-electron chi connectivity index (χ0n) is 7.78. The van der Waals surface area contributed by atoms with Crippen LogP contribution in [0, 0.1) is 0 Å². The highest BCUT2D eigenvalue weighted by Crippen LogP contribution is 2.43. The normalized spacial score (nSPS) is 24.0. The van der Waals surface area contributed by atoms with Crippen LogP contribution in [0.25, 0.3) is 0 Å². The van der Waals surface area contributed by atoms with Crippen molar-refractivity contribution in [3.63, 3.8) is 0 Å². The minimum absolute atomic E-state index is 0.164. The van der Waals surface area contributed by atoms with Crippen LogP contribution < -0.4 is 0 Å². The summed E-state index contributed by atoms with van der Waals surface area (Å²) < 4.78 is 43.1. The molecule has 0 aromatic heterocycles. The van der Waals surface area contributed by atoms with Gasteiger partial charge in [-0.1, -0.05) is 25.8 Å². The zero-order valence-corrected chi connectivity index (χ0v) is 9.20. The van der Waals surface area contributed by atoms with Gasteiger partial charge in [0.05, 0.1) is 0 Å². The summed E-state index contributed by atoms with van der Waals surface area (Å²) in [5, 5.41) is 0. The first-order chi connectivity index (χ1) is 6.02. The monoisotopic (exact) mass is 212 g/mol. The predicted molar refractivity (Wildman–Crippen MR) is 47.4 cm³/mol. The molecule has 0 bridgehead atoms. The number of rotatable bonds is 2. The van der Waals surface area contributed by atoms with Crippen LogP contribution in [-0.2, 0) is 4.43 Å². The number of alkyl halides is 3. The molecule has 5 heteroatoms. The molecule has 13 heavy (non-hydrogen) atoms. The SMILES string of the molecule is C[SiH2]OC1(C(F)(F)F)CCCCC1. The number of hydrogen-bond acceptors (Lipinski definition) is 1. The maximum atomic E-state index is 12.7. The van der Waals surface area contributed by atoms with E-state index >= 15 is 0 Å². The Kier molecular flexibility index (Phi) is 3.40. The fourth-order valence-electron chi connectivity index (χ4n) is 1.91. The summed E-state index contributed by atoms with van der Waals surface area (Å²) >= 11 is 0. The summed E-state index contributed by atoms with van der Waals surface area (Å²) in [5.41, 5.74) is -1.77. The van der Waals surface area contributed by atoms with E-state index in [1.807, 2.05) is 0 Å². The van der Waals surface area contributed by atoms with E-state index in [1.165, 1.54) is 0 Å². The standard InChI is InChI=1S/C8H15F3OSi/c1-13-12-7(8(9,10)11)5-3-2-4-6-7/h2-6,13H2,1H3. The van der Waals surface area contributed by atoms with Crippen LogP contribution in [0.1, 0.15) is 32.1 Å². The van der Waals surface area contributed by atoms with E-state index in [-0.39, 0.29) is 12.8 Å². The van der Waals surface area contributed by atoms with Crippen molar-refractivity contribution in [1.82, 2.24) is 0 Å². The van der Waals surface area contributed by atoms with E-state index in [1.54, 1.807) is 6.55 Å². The quantitative estimate of drug-likeness (QED) is 0.639. The highest BCUT2D eigenvalue weighted by molar-refractivity contribution is 6.25. The molecule has 1 aliphatic rings. The zero-order chi connectivity index (χ0) is 9.95. The molecule has 1 saturated carbocycles. The van der Waals surface area contributed by atoms with Crippen LogP contribution >= 0.6 is 0 Å². The van der Waals surface area contributed by atoms with E-state index in [2.05, 4.69) is 0 Å². The smallest absolute Gasteiger partial charge is 0.411 e. The highest BCUT2D eigenvalue weighted by Gasteiger charge is 2.55. The third-order valence-electron chi connectivity index (χ3n) is 2.60. The molecule has 1 fully saturated rings. The van der Waals surface area contributed by atoms with Crippen molar-refractivity contribution >= 4 is 9.76 Å².